The summed E-state index contributed by atoms with van der Waals surface area (Å²) in [5, 5.41) is 7.08. The fraction of sp³-hybridized carbons (Fsp3) is 0.273. The summed E-state index contributed by atoms with van der Waals surface area (Å²) in [6.45, 7) is 2.65. The molecule has 0 unspecified atom stereocenters. The molecule has 0 radical (unpaired) electrons. The van der Waals surface area contributed by atoms with Crippen molar-refractivity contribution in [1.82, 2.24) is 14.8 Å². The van der Waals surface area contributed by atoms with Crippen LogP contribution in [0.4, 0.5) is 11.4 Å². The second kappa shape index (κ2) is 5.18. The molecule has 5 N–H and O–H groups in total. The second-order valence-electron chi connectivity index (χ2n) is 3.86. The van der Waals surface area contributed by atoms with E-state index < -0.39 is 0 Å². The van der Waals surface area contributed by atoms with Crippen molar-refractivity contribution in [3.63, 3.8) is 0 Å². The molecule has 1 aromatic carbocycles. The third-order valence-electron chi connectivity index (χ3n) is 2.44. The molecule has 18 heavy (non-hydrogen) atoms. The number of nitrogens with one attached hydrogen (secondary N) is 1. The normalized spacial score (nSPS) is 10.7. The average molecular weight is 265 g/mol. The van der Waals surface area contributed by atoms with Gasteiger partial charge in [0.25, 0.3) is 0 Å². The molecule has 2 rings (SSSR count). The number of aromatic nitrogens is 3. The zero-order valence-corrected chi connectivity index (χ0v) is 10.8. The summed E-state index contributed by atoms with van der Waals surface area (Å²) in [6.07, 6.45) is 0.872. The number of rotatable bonds is 4. The Hall–Kier alpha value is -1.89. The molecule has 0 aliphatic rings. The number of aromatic amines is 1. The fourth-order valence-electron chi connectivity index (χ4n) is 1.52. The van der Waals surface area contributed by atoms with Crippen LogP contribution in [0.5, 0.6) is 0 Å². The van der Waals surface area contributed by atoms with Crippen molar-refractivity contribution in [1.29, 1.82) is 0 Å². The van der Waals surface area contributed by atoms with Gasteiger partial charge < -0.3 is 11.5 Å². The van der Waals surface area contributed by atoms with Gasteiger partial charge >= 0.3 is 5.69 Å². The first kappa shape index (κ1) is 12.6. The van der Waals surface area contributed by atoms with E-state index in [0.29, 0.717) is 23.1 Å². The van der Waals surface area contributed by atoms with Gasteiger partial charge in [-0.15, -0.1) is 5.10 Å². The lowest BCUT2D eigenvalue weighted by Crippen LogP contribution is -2.17. The monoisotopic (exact) mass is 265 g/mol. The highest BCUT2D eigenvalue weighted by atomic mass is 32.2. The molecule has 0 bridgehead atoms. The maximum Gasteiger partial charge on any atom is 0.343 e. The summed E-state index contributed by atoms with van der Waals surface area (Å²) in [6, 6.07) is 5.37. The third kappa shape index (κ3) is 2.51. The minimum absolute atomic E-state index is 0.192. The van der Waals surface area contributed by atoms with Crippen LogP contribution in [0.3, 0.4) is 0 Å². The van der Waals surface area contributed by atoms with Crippen LogP contribution in [0.25, 0.3) is 0 Å². The van der Waals surface area contributed by atoms with E-state index in [1.54, 1.807) is 16.7 Å². The van der Waals surface area contributed by atoms with E-state index in [4.69, 9.17) is 11.5 Å². The van der Waals surface area contributed by atoms with Crippen LogP contribution in [0, 0.1) is 0 Å². The first-order chi connectivity index (χ1) is 8.61. The van der Waals surface area contributed by atoms with Crippen molar-refractivity contribution in [2.24, 2.45) is 0 Å². The van der Waals surface area contributed by atoms with Gasteiger partial charge in [-0.25, -0.2) is 9.89 Å². The molecule has 1 aromatic heterocycles. The number of nitrogens with zero attached hydrogens (tertiary/aromatic N) is 2. The van der Waals surface area contributed by atoms with Gasteiger partial charge in [-0.3, -0.25) is 4.57 Å². The zero-order valence-electron chi connectivity index (χ0n) is 10.0. The van der Waals surface area contributed by atoms with Crippen LogP contribution < -0.4 is 17.2 Å². The predicted octanol–water partition coefficient (Wildman–Crippen LogP) is 1.30. The van der Waals surface area contributed by atoms with Gasteiger partial charge in [0.1, 0.15) is 0 Å². The second-order valence-corrected chi connectivity index (χ2v) is 4.90. The van der Waals surface area contributed by atoms with E-state index in [9.17, 15) is 4.79 Å². The average Bonchev–Trinajstić information content (AvgIpc) is 2.67. The van der Waals surface area contributed by atoms with E-state index in [-0.39, 0.29) is 5.69 Å². The minimum atomic E-state index is -0.192. The molecule has 0 fully saturated rings. The fourth-order valence-corrected chi connectivity index (χ4v) is 2.43. The Labute approximate surface area is 108 Å². The van der Waals surface area contributed by atoms with Crippen LogP contribution in [-0.2, 0) is 6.54 Å². The molecule has 2 aromatic rings. The SMILES string of the molecule is CCCn1c(Sc2ccc(N)c(N)c2)n[nH]c1=O. The summed E-state index contributed by atoms with van der Waals surface area (Å²) in [4.78, 5) is 12.4. The summed E-state index contributed by atoms with van der Waals surface area (Å²) >= 11 is 1.38. The Kier molecular flexibility index (Phi) is 3.61. The summed E-state index contributed by atoms with van der Waals surface area (Å²) in [5.41, 5.74) is 12.3. The van der Waals surface area contributed by atoms with Crippen LogP contribution in [-0.4, -0.2) is 14.8 Å². The molecule has 0 saturated heterocycles. The molecule has 0 aliphatic heterocycles. The van der Waals surface area contributed by atoms with Crippen molar-refractivity contribution in [3.05, 3.63) is 28.7 Å². The smallest absolute Gasteiger partial charge is 0.343 e. The van der Waals surface area contributed by atoms with E-state index in [2.05, 4.69) is 10.2 Å². The highest BCUT2D eigenvalue weighted by Crippen LogP contribution is 2.28. The molecule has 6 nitrogen and oxygen atoms in total. The Morgan fingerprint density at radius 2 is 2.17 bits per heavy atom. The topological polar surface area (TPSA) is 103 Å². The molecule has 96 valence electrons. The molecular weight excluding hydrogens is 250 g/mol. The van der Waals surface area contributed by atoms with Crippen molar-refractivity contribution in [2.45, 2.75) is 29.9 Å². The minimum Gasteiger partial charge on any atom is -0.397 e. The van der Waals surface area contributed by atoms with Gasteiger partial charge in [0.2, 0.25) is 0 Å². The number of anilines is 2. The molecule has 0 aliphatic carbocycles. The molecule has 1 heterocycles. The van der Waals surface area contributed by atoms with E-state index >= 15 is 0 Å². The van der Waals surface area contributed by atoms with Crippen LogP contribution in [0.15, 0.2) is 33.0 Å². The molecular formula is C11H15N5OS. The number of hydrogen-bond acceptors (Lipinski definition) is 5. The number of H-pyrrole nitrogens is 1. The zero-order chi connectivity index (χ0) is 13.1. The lowest BCUT2D eigenvalue weighted by molar-refractivity contribution is 0.604. The van der Waals surface area contributed by atoms with Gasteiger partial charge in [0.05, 0.1) is 11.4 Å². The van der Waals surface area contributed by atoms with Gasteiger partial charge in [0, 0.05) is 11.4 Å². The van der Waals surface area contributed by atoms with E-state index in [1.165, 1.54) is 11.8 Å². The van der Waals surface area contributed by atoms with Crippen molar-refractivity contribution < 1.29 is 0 Å². The third-order valence-corrected chi connectivity index (χ3v) is 3.42. The highest BCUT2D eigenvalue weighted by Gasteiger charge is 2.09. The first-order valence-electron chi connectivity index (χ1n) is 5.60. The molecule has 0 saturated carbocycles. The highest BCUT2D eigenvalue weighted by molar-refractivity contribution is 7.99. The lowest BCUT2D eigenvalue weighted by Gasteiger charge is -2.05. The van der Waals surface area contributed by atoms with Gasteiger partial charge in [-0.1, -0.05) is 6.92 Å². The molecule has 0 atom stereocenters. The number of nitrogen functional groups attached to an aromatic ring is 2. The Morgan fingerprint density at radius 3 is 2.83 bits per heavy atom. The Morgan fingerprint density at radius 1 is 1.39 bits per heavy atom. The maximum absolute atomic E-state index is 11.5. The van der Waals surface area contributed by atoms with Crippen molar-refractivity contribution >= 4 is 23.1 Å². The van der Waals surface area contributed by atoms with Gasteiger partial charge in [-0.05, 0) is 36.4 Å². The Balaban J connectivity index is 2.28. The maximum atomic E-state index is 11.5. The molecule has 7 heteroatoms. The lowest BCUT2D eigenvalue weighted by atomic mass is 10.3. The van der Waals surface area contributed by atoms with Crippen LogP contribution in [0.1, 0.15) is 13.3 Å². The standard InChI is InChI=1S/C11H15N5OS/c1-2-5-16-10(17)14-15-11(16)18-7-3-4-8(12)9(13)6-7/h3-4,6H,2,5,12-13H2,1H3,(H,14,17). The van der Waals surface area contributed by atoms with Crippen molar-refractivity contribution in [2.75, 3.05) is 11.5 Å². The summed E-state index contributed by atoms with van der Waals surface area (Å²) in [5.74, 6) is 0. The predicted molar refractivity (Wildman–Crippen MR) is 72.5 cm³/mol. The number of hydrogen-bond donors (Lipinski definition) is 3. The van der Waals surface area contributed by atoms with Gasteiger partial charge in [0.15, 0.2) is 5.16 Å². The quantitative estimate of drug-likeness (QED) is 0.723. The van der Waals surface area contributed by atoms with Gasteiger partial charge in [-0.2, -0.15) is 0 Å². The van der Waals surface area contributed by atoms with E-state index in [1.807, 2.05) is 13.0 Å². The van der Waals surface area contributed by atoms with E-state index in [0.717, 1.165) is 11.3 Å². The number of benzene rings is 1. The first-order valence-corrected chi connectivity index (χ1v) is 6.41. The van der Waals surface area contributed by atoms with Crippen LogP contribution in [0.2, 0.25) is 0 Å². The van der Waals surface area contributed by atoms with Crippen LogP contribution >= 0.6 is 11.8 Å². The number of nitrogens with two attached hydrogens (primary N) is 2. The molecule has 0 spiro atoms. The summed E-state index contributed by atoms with van der Waals surface area (Å²) in [7, 11) is 0. The van der Waals surface area contributed by atoms with Crippen molar-refractivity contribution in [3.8, 4) is 0 Å². The largest absolute Gasteiger partial charge is 0.397 e. The molecule has 0 amide bonds. The summed E-state index contributed by atoms with van der Waals surface area (Å²) < 4.78 is 1.61. The Bertz CT molecular complexity index is 604.